The molecule has 0 atom stereocenters. The molecule has 1 aliphatic carbocycles. The van der Waals surface area contributed by atoms with Gasteiger partial charge in [-0.25, -0.2) is 0 Å². The zero-order chi connectivity index (χ0) is 18.8. The summed E-state index contributed by atoms with van der Waals surface area (Å²) in [6, 6.07) is 6.29. The summed E-state index contributed by atoms with van der Waals surface area (Å²) in [6.45, 7) is 7.45. The largest absolute Gasteiger partial charge is 0.496 e. The molecule has 0 saturated heterocycles. The summed E-state index contributed by atoms with van der Waals surface area (Å²) in [5, 5.41) is 6.96. The summed E-state index contributed by atoms with van der Waals surface area (Å²) in [7, 11) is 3.54. The molecule has 2 rings (SSSR count). The number of nitrogens with zero attached hydrogens (tertiary/aromatic N) is 1. The highest BCUT2D eigenvalue weighted by molar-refractivity contribution is 5.79. The Labute approximate surface area is 158 Å². The van der Waals surface area contributed by atoms with Crippen LogP contribution in [0.4, 0.5) is 0 Å². The number of hydrogen-bond acceptors (Lipinski definition) is 3. The van der Waals surface area contributed by atoms with E-state index in [9.17, 15) is 0 Å². The Kier molecular flexibility index (Phi) is 8.23. The van der Waals surface area contributed by atoms with E-state index in [-0.39, 0.29) is 0 Å². The van der Waals surface area contributed by atoms with Gasteiger partial charge in [0, 0.05) is 33.4 Å². The van der Waals surface area contributed by atoms with Gasteiger partial charge in [-0.3, -0.25) is 4.99 Å². The maximum Gasteiger partial charge on any atom is 0.191 e. The van der Waals surface area contributed by atoms with Crippen LogP contribution in [-0.2, 0) is 11.3 Å². The van der Waals surface area contributed by atoms with E-state index in [1.807, 2.05) is 7.05 Å². The summed E-state index contributed by atoms with van der Waals surface area (Å²) < 4.78 is 11.0. The molecule has 146 valence electrons. The van der Waals surface area contributed by atoms with E-state index < -0.39 is 0 Å². The summed E-state index contributed by atoms with van der Waals surface area (Å²) in [6.07, 6.45) is 6.32. The average Bonchev–Trinajstić information content (AvgIpc) is 3.12. The van der Waals surface area contributed by atoms with Crippen molar-refractivity contribution in [2.75, 3.05) is 33.9 Å². The number of nitrogens with one attached hydrogen (secondary N) is 2. The topological polar surface area (TPSA) is 54.9 Å². The van der Waals surface area contributed by atoms with Gasteiger partial charge in [-0.1, -0.05) is 25.0 Å². The van der Waals surface area contributed by atoms with Crippen LogP contribution < -0.4 is 15.4 Å². The van der Waals surface area contributed by atoms with E-state index in [0.29, 0.717) is 5.41 Å². The van der Waals surface area contributed by atoms with Crippen molar-refractivity contribution in [3.63, 3.8) is 0 Å². The lowest BCUT2D eigenvalue weighted by atomic mass is 9.83. The molecule has 0 amide bonds. The predicted octanol–water partition coefficient (Wildman–Crippen LogP) is 3.66. The number of methoxy groups -OCH3 is 1. The molecule has 0 bridgehead atoms. The zero-order valence-corrected chi connectivity index (χ0v) is 16.9. The van der Waals surface area contributed by atoms with Crippen LogP contribution in [0.1, 0.15) is 50.2 Å². The number of guanidine groups is 1. The summed E-state index contributed by atoms with van der Waals surface area (Å²) in [5.41, 5.74) is 2.68. The van der Waals surface area contributed by atoms with E-state index in [1.54, 1.807) is 7.11 Å². The predicted molar refractivity (Wildman–Crippen MR) is 108 cm³/mol. The van der Waals surface area contributed by atoms with Crippen LogP contribution in [0, 0.1) is 12.3 Å². The Bertz CT molecular complexity index is 581. The molecule has 5 nitrogen and oxygen atoms in total. The lowest BCUT2D eigenvalue weighted by Crippen LogP contribution is -2.43. The summed E-state index contributed by atoms with van der Waals surface area (Å²) in [5.74, 6) is 1.78. The molecule has 5 heteroatoms. The number of hydrogen-bond donors (Lipinski definition) is 2. The van der Waals surface area contributed by atoms with Gasteiger partial charge in [0.2, 0.25) is 0 Å². The van der Waals surface area contributed by atoms with Gasteiger partial charge in [-0.15, -0.1) is 0 Å². The number of ether oxygens (including phenoxy) is 2. The summed E-state index contributed by atoms with van der Waals surface area (Å²) >= 11 is 0. The van der Waals surface area contributed by atoms with E-state index in [0.717, 1.165) is 50.0 Å². The van der Waals surface area contributed by atoms with Crippen molar-refractivity contribution in [1.29, 1.82) is 0 Å². The molecule has 2 N–H and O–H groups in total. The maximum absolute atomic E-state index is 5.60. The van der Waals surface area contributed by atoms with Crippen LogP contribution in [0.15, 0.2) is 23.2 Å². The summed E-state index contributed by atoms with van der Waals surface area (Å²) in [4.78, 5) is 4.38. The van der Waals surface area contributed by atoms with Gasteiger partial charge in [-0.2, -0.15) is 0 Å². The van der Waals surface area contributed by atoms with Crippen LogP contribution in [0.3, 0.4) is 0 Å². The first-order chi connectivity index (χ1) is 12.6. The average molecular weight is 362 g/mol. The molecule has 0 spiro atoms. The highest BCUT2D eigenvalue weighted by Gasteiger charge is 2.33. The molecule has 1 saturated carbocycles. The first-order valence-electron chi connectivity index (χ1n) is 9.78. The SMILES string of the molecule is CCOCCC1(CNC(=NC)NCc2ccc(C)c(OC)c2)CCCC1. The maximum atomic E-state index is 5.60. The fraction of sp³-hybridized carbons (Fsp3) is 0.667. The molecule has 1 aromatic rings. The molecule has 0 radical (unpaired) electrons. The third-order valence-electron chi connectivity index (χ3n) is 5.43. The van der Waals surface area contributed by atoms with E-state index in [4.69, 9.17) is 9.47 Å². The van der Waals surface area contributed by atoms with E-state index in [1.165, 1.54) is 31.2 Å². The number of aryl methyl sites for hydroxylation is 1. The van der Waals surface area contributed by atoms with Gasteiger partial charge < -0.3 is 20.1 Å². The zero-order valence-electron chi connectivity index (χ0n) is 16.9. The van der Waals surface area contributed by atoms with Gasteiger partial charge >= 0.3 is 0 Å². The minimum atomic E-state index is 0.347. The minimum absolute atomic E-state index is 0.347. The normalized spacial score (nSPS) is 16.5. The monoisotopic (exact) mass is 361 g/mol. The van der Waals surface area contributed by atoms with E-state index in [2.05, 4.69) is 47.7 Å². The Hall–Kier alpha value is -1.75. The second-order valence-corrected chi connectivity index (χ2v) is 7.24. The van der Waals surface area contributed by atoms with Gasteiger partial charge in [0.05, 0.1) is 7.11 Å². The quantitative estimate of drug-likeness (QED) is 0.400. The number of rotatable bonds is 9. The second-order valence-electron chi connectivity index (χ2n) is 7.24. The molecule has 0 unspecified atom stereocenters. The third kappa shape index (κ3) is 5.90. The Morgan fingerprint density at radius 2 is 2.00 bits per heavy atom. The third-order valence-corrected chi connectivity index (χ3v) is 5.43. The molecule has 1 aliphatic rings. The van der Waals surface area contributed by atoms with Crippen molar-refractivity contribution in [1.82, 2.24) is 10.6 Å². The van der Waals surface area contributed by atoms with Crippen molar-refractivity contribution in [3.8, 4) is 5.75 Å². The van der Waals surface area contributed by atoms with Crippen LogP contribution >= 0.6 is 0 Å². The highest BCUT2D eigenvalue weighted by atomic mass is 16.5. The van der Waals surface area contributed by atoms with Gasteiger partial charge in [0.15, 0.2) is 5.96 Å². The molecule has 1 fully saturated rings. The van der Waals surface area contributed by atoms with Crippen molar-refractivity contribution in [2.24, 2.45) is 10.4 Å². The Balaban J connectivity index is 1.86. The fourth-order valence-corrected chi connectivity index (χ4v) is 3.73. The number of aliphatic imine (C=N–C) groups is 1. The molecule has 1 aromatic carbocycles. The van der Waals surface area contributed by atoms with Crippen molar-refractivity contribution in [2.45, 2.75) is 52.5 Å². The van der Waals surface area contributed by atoms with Crippen LogP contribution in [-0.4, -0.2) is 39.9 Å². The standard InChI is InChI=1S/C21H35N3O2/c1-5-26-13-12-21(10-6-7-11-21)16-24-20(22-3)23-15-18-9-8-17(2)19(14-18)25-4/h8-9,14H,5-7,10-13,15-16H2,1-4H3,(H2,22,23,24). The smallest absolute Gasteiger partial charge is 0.191 e. The van der Waals surface area contributed by atoms with Crippen LogP contribution in [0.25, 0.3) is 0 Å². The second kappa shape index (κ2) is 10.4. The van der Waals surface area contributed by atoms with Gasteiger partial charge in [-0.05, 0) is 55.7 Å². The molecule has 26 heavy (non-hydrogen) atoms. The Morgan fingerprint density at radius 1 is 1.23 bits per heavy atom. The fourth-order valence-electron chi connectivity index (χ4n) is 3.73. The van der Waals surface area contributed by atoms with E-state index >= 15 is 0 Å². The Morgan fingerprint density at radius 3 is 2.65 bits per heavy atom. The first kappa shape index (κ1) is 20.6. The number of benzene rings is 1. The van der Waals surface area contributed by atoms with Crippen molar-refractivity contribution in [3.05, 3.63) is 29.3 Å². The van der Waals surface area contributed by atoms with Crippen molar-refractivity contribution >= 4 is 5.96 Å². The highest BCUT2D eigenvalue weighted by Crippen LogP contribution is 2.40. The van der Waals surface area contributed by atoms with Gasteiger partial charge in [0.1, 0.15) is 5.75 Å². The molecule has 0 aromatic heterocycles. The first-order valence-corrected chi connectivity index (χ1v) is 9.78. The molecular formula is C21H35N3O2. The lowest BCUT2D eigenvalue weighted by molar-refractivity contribution is 0.105. The van der Waals surface area contributed by atoms with Crippen LogP contribution in [0.2, 0.25) is 0 Å². The minimum Gasteiger partial charge on any atom is -0.496 e. The molecule has 0 aliphatic heterocycles. The van der Waals surface area contributed by atoms with Gasteiger partial charge in [0.25, 0.3) is 0 Å². The van der Waals surface area contributed by atoms with Crippen molar-refractivity contribution < 1.29 is 9.47 Å². The lowest BCUT2D eigenvalue weighted by Gasteiger charge is -2.30. The molecule has 0 heterocycles. The van der Waals surface area contributed by atoms with Crippen LogP contribution in [0.5, 0.6) is 5.75 Å². The molecular weight excluding hydrogens is 326 g/mol.